The summed E-state index contributed by atoms with van der Waals surface area (Å²) in [6, 6.07) is 5.11. The number of anilines is 1. The molecule has 0 radical (unpaired) electrons. The van der Waals surface area contributed by atoms with Crippen molar-refractivity contribution in [3.8, 4) is 11.5 Å². The highest BCUT2D eigenvalue weighted by molar-refractivity contribution is 7.92. The lowest BCUT2D eigenvalue weighted by atomic mass is 10.2. The van der Waals surface area contributed by atoms with Crippen LogP contribution in [0.2, 0.25) is 5.02 Å². The summed E-state index contributed by atoms with van der Waals surface area (Å²) < 4.78 is 66.6. The second-order valence-corrected chi connectivity index (χ2v) is 8.93. The van der Waals surface area contributed by atoms with E-state index in [9.17, 15) is 17.2 Å². The van der Waals surface area contributed by atoms with E-state index < -0.39 is 32.3 Å². The third kappa shape index (κ3) is 4.57. The summed E-state index contributed by atoms with van der Waals surface area (Å²) >= 11 is 6.17. The molecular weight excluding hydrogens is 426 g/mol. The SMILES string of the molecule is COc1c(F)cc(S(=O)(=O)Nc2ccc(Cl)c(OC3CCN(C)C3)c2)c(C)c1F. The zero-order valence-electron chi connectivity index (χ0n) is 16.1. The van der Waals surface area contributed by atoms with Gasteiger partial charge in [0.2, 0.25) is 0 Å². The normalized spacial score (nSPS) is 17.4. The van der Waals surface area contributed by atoms with E-state index in [0.717, 1.165) is 32.7 Å². The summed E-state index contributed by atoms with van der Waals surface area (Å²) in [6.45, 7) is 2.86. The number of benzene rings is 2. The summed E-state index contributed by atoms with van der Waals surface area (Å²) in [6.07, 6.45) is 0.767. The van der Waals surface area contributed by atoms with Crippen molar-refractivity contribution in [1.29, 1.82) is 0 Å². The molecule has 29 heavy (non-hydrogen) atoms. The maximum atomic E-state index is 14.3. The maximum absolute atomic E-state index is 14.3. The summed E-state index contributed by atoms with van der Waals surface area (Å²) in [4.78, 5) is 1.59. The first-order chi connectivity index (χ1) is 13.6. The van der Waals surface area contributed by atoms with Crippen molar-refractivity contribution in [2.24, 2.45) is 0 Å². The molecule has 1 fully saturated rings. The van der Waals surface area contributed by atoms with E-state index >= 15 is 0 Å². The molecule has 158 valence electrons. The van der Waals surface area contributed by atoms with Crippen molar-refractivity contribution in [3.63, 3.8) is 0 Å². The van der Waals surface area contributed by atoms with E-state index in [4.69, 9.17) is 16.3 Å². The molecule has 1 aliphatic rings. The van der Waals surface area contributed by atoms with Gasteiger partial charge in [0.25, 0.3) is 10.0 Å². The molecule has 3 rings (SSSR count). The van der Waals surface area contributed by atoms with E-state index in [1.54, 1.807) is 0 Å². The Morgan fingerprint density at radius 2 is 2.00 bits per heavy atom. The standard InChI is InChI=1S/C19H21ClF2N2O4S/c1-11-17(9-15(21)19(27-3)18(11)22)29(25,26)23-12-4-5-14(20)16(8-12)28-13-6-7-24(2)10-13/h4-5,8-9,13,23H,6-7,10H2,1-3H3. The van der Waals surface area contributed by atoms with Crippen LogP contribution in [-0.4, -0.2) is 46.7 Å². The topological polar surface area (TPSA) is 67.9 Å². The van der Waals surface area contributed by atoms with Crippen molar-refractivity contribution < 1.29 is 26.7 Å². The highest BCUT2D eigenvalue weighted by Gasteiger charge is 2.26. The molecule has 0 bridgehead atoms. The molecule has 1 aliphatic heterocycles. The van der Waals surface area contributed by atoms with Crippen LogP contribution in [0.1, 0.15) is 12.0 Å². The molecule has 1 atom stereocenters. The number of halogens is 3. The number of methoxy groups -OCH3 is 1. The predicted molar refractivity (Wildman–Crippen MR) is 106 cm³/mol. The Morgan fingerprint density at radius 1 is 1.28 bits per heavy atom. The summed E-state index contributed by atoms with van der Waals surface area (Å²) in [5, 5.41) is 0.334. The number of nitrogens with zero attached hydrogens (tertiary/aromatic N) is 1. The highest BCUT2D eigenvalue weighted by Crippen LogP contribution is 2.33. The monoisotopic (exact) mass is 446 g/mol. The van der Waals surface area contributed by atoms with Gasteiger partial charge in [-0.05, 0) is 38.6 Å². The minimum atomic E-state index is -4.27. The average Bonchev–Trinajstić information content (AvgIpc) is 3.06. The Labute approximate surface area is 173 Å². The Hall–Kier alpha value is -2.10. The number of hydrogen-bond acceptors (Lipinski definition) is 5. The number of likely N-dealkylation sites (tertiary alicyclic amines) is 1. The molecule has 0 amide bonds. The third-order valence-electron chi connectivity index (χ3n) is 4.69. The van der Waals surface area contributed by atoms with Gasteiger partial charge < -0.3 is 14.4 Å². The molecule has 1 heterocycles. The van der Waals surface area contributed by atoms with Gasteiger partial charge in [-0.1, -0.05) is 11.6 Å². The largest absolute Gasteiger partial charge is 0.491 e. The van der Waals surface area contributed by atoms with Gasteiger partial charge in [0.05, 0.1) is 22.7 Å². The lowest BCUT2D eigenvalue weighted by molar-refractivity contribution is 0.208. The van der Waals surface area contributed by atoms with Gasteiger partial charge in [0.15, 0.2) is 17.4 Å². The van der Waals surface area contributed by atoms with E-state index in [-0.39, 0.29) is 17.4 Å². The van der Waals surface area contributed by atoms with Crippen LogP contribution in [0.5, 0.6) is 11.5 Å². The molecule has 1 unspecified atom stereocenters. The zero-order valence-corrected chi connectivity index (χ0v) is 17.7. The van der Waals surface area contributed by atoms with Crippen LogP contribution in [0, 0.1) is 18.6 Å². The van der Waals surface area contributed by atoms with Gasteiger partial charge in [0, 0.05) is 24.7 Å². The number of sulfonamides is 1. The fourth-order valence-electron chi connectivity index (χ4n) is 3.18. The fourth-order valence-corrected chi connectivity index (χ4v) is 4.64. The van der Waals surface area contributed by atoms with Crippen molar-refractivity contribution >= 4 is 27.3 Å². The smallest absolute Gasteiger partial charge is 0.262 e. The molecule has 10 heteroatoms. The first kappa shape index (κ1) is 21.6. The maximum Gasteiger partial charge on any atom is 0.262 e. The van der Waals surface area contributed by atoms with Crippen molar-refractivity contribution in [1.82, 2.24) is 4.90 Å². The Bertz CT molecular complexity index is 1030. The molecule has 0 spiro atoms. The Kier molecular flexibility index (Phi) is 6.21. The summed E-state index contributed by atoms with van der Waals surface area (Å²) in [5.74, 6) is -2.49. The number of hydrogen-bond donors (Lipinski definition) is 1. The lowest BCUT2D eigenvalue weighted by Gasteiger charge is -2.17. The van der Waals surface area contributed by atoms with Crippen molar-refractivity contribution in [2.45, 2.75) is 24.3 Å². The Morgan fingerprint density at radius 3 is 2.62 bits per heavy atom. The first-order valence-electron chi connectivity index (χ1n) is 8.82. The van der Waals surface area contributed by atoms with Crippen LogP contribution < -0.4 is 14.2 Å². The number of nitrogens with one attached hydrogen (secondary N) is 1. The minimum absolute atomic E-state index is 0.0589. The molecule has 2 aromatic rings. The van der Waals surface area contributed by atoms with E-state index in [0.29, 0.717) is 10.8 Å². The lowest BCUT2D eigenvalue weighted by Crippen LogP contribution is -2.21. The first-order valence-corrected chi connectivity index (χ1v) is 10.7. The van der Waals surface area contributed by atoms with Crippen LogP contribution in [0.4, 0.5) is 14.5 Å². The quantitative estimate of drug-likeness (QED) is 0.730. The van der Waals surface area contributed by atoms with Crippen molar-refractivity contribution in [2.75, 3.05) is 32.0 Å². The molecule has 0 saturated carbocycles. The number of rotatable bonds is 6. The molecule has 1 N–H and O–H groups in total. The average molecular weight is 447 g/mol. The molecule has 0 aliphatic carbocycles. The van der Waals surface area contributed by atoms with Gasteiger partial charge >= 0.3 is 0 Å². The summed E-state index contributed by atoms with van der Waals surface area (Å²) in [5.41, 5.74) is -0.0954. The van der Waals surface area contributed by atoms with Crippen LogP contribution >= 0.6 is 11.6 Å². The molecule has 6 nitrogen and oxygen atoms in total. The van der Waals surface area contributed by atoms with E-state index in [1.807, 2.05) is 7.05 Å². The van der Waals surface area contributed by atoms with Crippen LogP contribution in [0.3, 0.4) is 0 Å². The van der Waals surface area contributed by atoms with Gasteiger partial charge in [-0.2, -0.15) is 0 Å². The van der Waals surface area contributed by atoms with Crippen LogP contribution in [0.15, 0.2) is 29.2 Å². The zero-order chi connectivity index (χ0) is 21.3. The van der Waals surface area contributed by atoms with Crippen LogP contribution in [0.25, 0.3) is 0 Å². The minimum Gasteiger partial charge on any atom is -0.491 e. The van der Waals surface area contributed by atoms with Crippen LogP contribution in [-0.2, 0) is 10.0 Å². The summed E-state index contributed by atoms with van der Waals surface area (Å²) in [7, 11) is -1.19. The highest BCUT2D eigenvalue weighted by atomic mass is 35.5. The van der Waals surface area contributed by atoms with Gasteiger partial charge in [-0.15, -0.1) is 0 Å². The fraction of sp³-hybridized carbons (Fsp3) is 0.368. The molecule has 2 aromatic carbocycles. The van der Waals surface area contributed by atoms with E-state index in [2.05, 4.69) is 14.4 Å². The van der Waals surface area contributed by atoms with Gasteiger partial charge in [-0.25, -0.2) is 17.2 Å². The third-order valence-corrected chi connectivity index (χ3v) is 6.51. The predicted octanol–water partition coefficient (Wildman–Crippen LogP) is 3.82. The van der Waals surface area contributed by atoms with Gasteiger partial charge in [0.1, 0.15) is 11.9 Å². The second-order valence-electron chi connectivity index (χ2n) is 6.87. The molecule has 0 aromatic heterocycles. The Balaban J connectivity index is 1.88. The molecular formula is C19H21ClF2N2O4S. The van der Waals surface area contributed by atoms with Crippen molar-refractivity contribution in [3.05, 3.63) is 46.5 Å². The number of likely N-dealkylation sites (N-methyl/N-ethyl adjacent to an activating group) is 1. The van der Waals surface area contributed by atoms with E-state index in [1.165, 1.54) is 25.1 Å². The number of ether oxygens (including phenoxy) is 2. The second kappa shape index (κ2) is 8.33. The van der Waals surface area contributed by atoms with Gasteiger partial charge in [-0.3, -0.25) is 4.72 Å². The molecule has 1 saturated heterocycles.